The molecular weight excluding hydrogens is 167 g/mol. The molecule has 13 heavy (non-hydrogen) atoms. The molecule has 1 aliphatic rings. The van der Waals surface area contributed by atoms with Gasteiger partial charge in [-0.2, -0.15) is 0 Å². The first-order chi connectivity index (χ1) is 6.13. The van der Waals surface area contributed by atoms with Gasteiger partial charge in [-0.1, -0.05) is 12.1 Å². The molecule has 0 radical (unpaired) electrons. The number of nitrogens with two attached hydrogens (primary N) is 1. The largest absolute Gasteiger partial charge is 0.319 e. The van der Waals surface area contributed by atoms with Gasteiger partial charge in [0.2, 0.25) is 0 Å². The highest BCUT2D eigenvalue weighted by Gasteiger charge is 2.37. The predicted octanol–water partition coefficient (Wildman–Crippen LogP) is 0.891. The molecule has 0 aliphatic carbocycles. The fourth-order valence-corrected chi connectivity index (χ4v) is 1.83. The van der Waals surface area contributed by atoms with Crippen molar-refractivity contribution in [2.24, 2.45) is 5.73 Å². The van der Waals surface area contributed by atoms with E-state index in [1.807, 2.05) is 13.0 Å². The molecule has 1 saturated heterocycles. The molecule has 0 spiro atoms. The van der Waals surface area contributed by atoms with Gasteiger partial charge in [0.25, 0.3) is 0 Å². The number of halogens is 1. The highest BCUT2D eigenvalue weighted by Crippen LogP contribution is 2.27. The Morgan fingerprint density at radius 1 is 1.46 bits per heavy atom. The number of hydrogen-bond acceptors (Lipinski definition) is 2. The first-order valence-electron chi connectivity index (χ1n) is 4.39. The van der Waals surface area contributed by atoms with Crippen LogP contribution in [0.4, 0.5) is 4.39 Å². The summed E-state index contributed by atoms with van der Waals surface area (Å²) < 4.78 is 13.5. The Bertz CT molecular complexity index is 311. The normalized spacial score (nSPS) is 19.6. The maximum absolute atomic E-state index is 13.5. The van der Waals surface area contributed by atoms with Gasteiger partial charge in [-0.15, -0.1) is 0 Å². The molecule has 1 heterocycles. The molecule has 2 rings (SSSR count). The van der Waals surface area contributed by atoms with E-state index >= 15 is 0 Å². The molecule has 3 N–H and O–H groups in total. The van der Waals surface area contributed by atoms with E-state index in [9.17, 15) is 4.39 Å². The van der Waals surface area contributed by atoms with Crippen LogP contribution < -0.4 is 11.1 Å². The minimum Gasteiger partial charge on any atom is -0.319 e. The average Bonchev–Trinajstić information content (AvgIpc) is 2.01. The lowest BCUT2D eigenvalue weighted by Crippen LogP contribution is -2.63. The molecule has 1 aromatic rings. The van der Waals surface area contributed by atoms with E-state index in [0.717, 1.165) is 5.56 Å². The molecule has 1 aromatic carbocycles. The molecular formula is C10H13FN2. The molecule has 1 aliphatic heterocycles. The van der Waals surface area contributed by atoms with E-state index in [1.165, 1.54) is 6.07 Å². The van der Waals surface area contributed by atoms with Crippen molar-refractivity contribution in [1.29, 1.82) is 0 Å². The van der Waals surface area contributed by atoms with Gasteiger partial charge in [-0.3, -0.25) is 0 Å². The monoisotopic (exact) mass is 180 g/mol. The Balaban J connectivity index is 2.49. The third-order valence-corrected chi connectivity index (χ3v) is 2.60. The Kier molecular flexibility index (Phi) is 1.86. The highest BCUT2D eigenvalue weighted by molar-refractivity contribution is 5.36. The van der Waals surface area contributed by atoms with Gasteiger partial charge in [-0.05, 0) is 18.6 Å². The predicted molar refractivity (Wildman–Crippen MR) is 49.9 cm³/mol. The van der Waals surface area contributed by atoms with Gasteiger partial charge < -0.3 is 11.1 Å². The molecule has 2 nitrogen and oxygen atoms in total. The maximum Gasteiger partial charge on any atom is 0.128 e. The molecule has 0 saturated carbocycles. The summed E-state index contributed by atoms with van der Waals surface area (Å²) in [7, 11) is 0. The maximum atomic E-state index is 13.5. The summed E-state index contributed by atoms with van der Waals surface area (Å²) in [5.41, 5.74) is 7.13. The van der Waals surface area contributed by atoms with Gasteiger partial charge in [-0.25, -0.2) is 4.39 Å². The summed E-state index contributed by atoms with van der Waals surface area (Å²) in [6.45, 7) is 3.22. The van der Waals surface area contributed by atoms with E-state index in [4.69, 9.17) is 5.73 Å². The number of nitrogens with one attached hydrogen (secondary N) is 1. The molecule has 70 valence electrons. The first-order valence-corrected chi connectivity index (χ1v) is 4.39. The zero-order valence-corrected chi connectivity index (χ0v) is 7.60. The summed E-state index contributed by atoms with van der Waals surface area (Å²) >= 11 is 0. The van der Waals surface area contributed by atoms with Crippen molar-refractivity contribution in [1.82, 2.24) is 5.32 Å². The lowest BCUT2D eigenvalue weighted by molar-refractivity contribution is 0.276. The van der Waals surface area contributed by atoms with Crippen molar-refractivity contribution < 1.29 is 4.39 Å². The molecule has 3 heteroatoms. The van der Waals surface area contributed by atoms with Crippen LogP contribution in [0.15, 0.2) is 18.2 Å². The summed E-state index contributed by atoms with van der Waals surface area (Å²) in [6.07, 6.45) is 0. The van der Waals surface area contributed by atoms with Gasteiger partial charge in [0.1, 0.15) is 5.82 Å². The van der Waals surface area contributed by atoms with Crippen molar-refractivity contribution in [2.75, 3.05) is 13.1 Å². The van der Waals surface area contributed by atoms with Gasteiger partial charge in [0.15, 0.2) is 0 Å². The van der Waals surface area contributed by atoms with Gasteiger partial charge >= 0.3 is 0 Å². The molecule has 0 amide bonds. The SMILES string of the molecule is Cc1cccc(F)c1C1(N)CNC1. The van der Waals surface area contributed by atoms with Crippen molar-refractivity contribution in [3.8, 4) is 0 Å². The van der Waals surface area contributed by atoms with E-state index in [1.54, 1.807) is 6.07 Å². The van der Waals surface area contributed by atoms with Crippen LogP contribution in [0.3, 0.4) is 0 Å². The quantitative estimate of drug-likeness (QED) is 0.673. The second-order valence-electron chi connectivity index (χ2n) is 3.69. The van der Waals surface area contributed by atoms with E-state index in [0.29, 0.717) is 18.7 Å². The third kappa shape index (κ3) is 1.24. The Morgan fingerprint density at radius 2 is 2.15 bits per heavy atom. The van der Waals surface area contributed by atoms with Crippen LogP contribution in [-0.2, 0) is 5.54 Å². The second-order valence-corrected chi connectivity index (χ2v) is 3.69. The molecule has 0 unspecified atom stereocenters. The molecule has 0 bridgehead atoms. The minimum atomic E-state index is -0.491. The Labute approximate surface area is 76.9 Å². The van der Waals surface area contributed by atoms with Gasteiger partial charge in [0.05, 0.1) is 5.54 Å². The smallest absolute Gasteiger partial charge is 0.128 e. The van der Waals surface area contributed by atoms with Crippen LogP contribution in [-0.4, -0.2) is 13.1 Å². The van der Waals surface area contributed by atoms with Crippen molar-refractivity contribution in [3.63, 3.8) is 0 Å². The number of aryl methyl sites for hydroxylation is 1. The molecule has 1 fully saturated rings. The zero-order valence-electron chi connectivity index (χ0n) is 7.60. The number of hydrogen-bond donors (Lipinski definition) is 2. The lowest BCUT2D eigenvalue weighted by atomic mass is 9.82. The Morgan fingerprint density at radius 3 is 2.62 bits per heavy atom. The summed E-state index contributed by atoms with van der Waals surface area (Å²) in [6, 6.07) is 5.07. The highest BCUT2D eigenvalue weighted by atomic mass is 19.1. The zero-order chi connectivity index (χ0) is 9.47. The van der Waals surface area contributed by atoms with Crippen LogP contribution in [0.25, 0.3) is 0 Å². The third-order valence-electron chi connectivity index (χ3n) is 2.60. The summed E-state index contributed by atoms with van der Waals surface area (Å²) in [5.74, 6) is -0.191. The van der Waals surface area contributed by atoms with Crippen LogP contribution in [0.5, 0.6) is 0 Å². The number of rotatable bonds is 1. The summed E-state index contributed by atoms with van der Waals surface area (Å²) in [5, 5.41) is 3.06. The van der Waals surface area contributed by atoms with Crippen LogP contribution in [0.2, 0.25) is 0 Å². The van der Waals surface area contributed by atoms with E-state index in [2.05, 4.69) is 5.32 Å². The van der Waals surface area contributed by atoms with Crippen LogP contribution >= 0.6 is 0 Å². The first kappa shape index (κ1) is 8.66. The fraction of sp³-hybridized carbons (Fsp3) is 0.400. The van der Waals surface area contributed by atoms with Crippen molar-refractivity contribution in [3.05, 3.63) is 35.1 Å². The average molecular weight is 180 g/mol. The minimum absolute atomic E-state index is 0.191. The van der Waals surface area contributed by atoms with Crippen molar-refractivity contribution >= 4 is 0 Å². The molecule has 0 aromatic heterocycles. The lowest BCUT2D eigenvalue weighted by Gasteiger charge is -2.40. The van der Waals surface area contributed by atoms with Crippen LogP contribution in [0.1, 0.15) is 11.1 Å². The van der Waals surface area contributed by atoms with E-state index in [-0.39, 0.29) is 5.82 Å². The second kappa shape index (κ2) is 2.79. The fourth-order valence-electron chi connectivity index (χ4n) is 1.83. The summed E-state index contributed by atoms with van der Waals surface area (Å²) in [4.78, 5) is 0. The standard InChI is InChI=1S/C10H13FN2/c1-7-3-2-4-8(11)9(7)10(12)5-13-6-10/h2-4,13H,5-6,12H2,1H3. The van der Waals surface area contributed by atoms with Gasteiger partial charge in [0, 0.05) is 18.7 Å². The Hall–Kier alpha value is -0.930. The van der Waals surface area contributed by atoms with Crippen molar-refractivity contribution in [2.45, 2.75) is 12.5 Å². The topological polar surface area (TPSA) is 38.0 Å². The molecule has 0 atom stereocenters. The van der Waals surface area contributed by atoms with E-state index < -0.39 is 5.54 Å². The number of benzene rings is 1. The van der Waals surface area contributed by atoms with Crippen LogP contribution in [0, 0.1) is 12.7 Å².